The number of carbonyl (C=O) groups is 2. The minimum atomic E-state index is -0.755. The second kappa shape index (κ2) is 4.85. The zero-order chi connectivity index (χ0) is 11.5. The minimum absolute atomic E-state index is 0.0654. The molecule has 0 aliphatic heterocycles. The highest BCUT2D eigenvalue weighted by Crippen LogP contribution is 2.31. The standard InChI is InChI=1S/C12H19NO3/c14-11(13-7-8-2-1-3-8)9-4-5-10(6-9)12(15)16/h8-10H,1-7H2,(H,13,14)(H,15,16)/t9-,10+/m1/s1. The second-order valence-corrected chi connectivity index (χ2v) is 5.09. The molecule has 2 aliphatic carbocycles. The molecule has 2 saturated carbocycles. The van der Waals surface area contributed by atoms with E-state index < -0.39 is 5.97 Å². The molecule has 16 heavy (non-hydrogen) atoms. The fourth-order valence-corrected chi connectivity index (χ4v) is 2.53. The summed E-state index contributed by atoms with van der Waals surface area (Å²) in [6, 6.07) is 0. The molecular weight excluding hydrogens is 206 g/mol. The molecule has 2 N–H and O–H groups in total. The van der Waals surface area contributed by atoms with Crippen molar-refractivity contribution in [2.45, 2.75) is 38.5 Å². The number of hydrogen-bond acceptors (Lipinski definition) is 2. The lowest BCUT2D eigenvalue weighted by molar-refractivity contribution is -0.141. The smallest absolute Gasteiger partial charge is 0.306 e. The van der Waals surface area contributed by atoms with Gasteiger partial charge in [-0.2, -0.15) is 0 Å². The Labute approximate surface area is 95.4 Å². The van der Waals surface area contributed by atoms with E-state index in [1.807, 2.05) is 0 Å². The zero-order valence-electron chi connectivity index (χ0n) is 9.45. The predicted molar refractivity (Wildman–Crippen MR) is 58.8 cm³/mol. The minimum Gasteiger partial charge on any atom is -0.481 e. The molecule has 2 aliphatic rings. The first-order chi connectivity index (χ1) is 7.66. The van der Waals surface area contributed by atoms with Gasteiger partial charge in [0.15, 0.2) is 0 Å². The van der Waals surface area contributed by atoms with Gasteiger partial charge >= 0.3 is 5.97 Å². The average Bonchev–Trinajstić information content (AvgIpc) is 2.63. The first-order valence-electron chi connectivity index (χ1n) is 6.17. The summed E-state index contributed by atoms with van der Waals surface area (Å²) < 4.78 is 0. The number of carboxylic acid groups (broad SMARTS) is 1. The van der Waals surface area contributed by atoms with Gasteiger partial charge in [0.2, 0.25) is 5.91 Å². The number of aliphatic carboxylic acids is 1. The van der Waals surface area contributed by atoms with Crippen molar-refractivity contribution in [2.24, 2.45) is 17.8 Å². The molecule has 4 heteroatoms. The van der Waals surface area contributed by atoms with Crippen LogP contribution in [0.1, 0.15) is 38.5 Å². The summed E-state index contributed by atoms with van der Waals surface area (Å²) in [5.74, 6) is -0.397. The summed E-state index contributed by atoms with van der Waals surface area (Å²) in [4.78, 5) is 22.5. The molecule has 2 atom stereocenters. The summed E-state index contributed by atoms with van der Waals surface area (Å²) in [5, 5.41) is 11.8. The van der Waals surface area contributed by atoms with Gasteiger partial charge in [-0.3, -0.25) is 9.59 Å². The Morgan fingerprint density at radius 3 is 2.31 bits per heavy atom. The SMILES string of the molecule is O=C(O)[C@H]1CC[C@@H](C(=O)NCC2CCC2)C1. The van der Waals surface area contributed by atoms with Crippen molar-refractivity contribution in [1.29, 1.82) is 0 Å². The van der Waals surface area contributed by atoms with Crippen LogP contribution < -0.4 is 5.32 Å². The van der Waals surface area contributed by atoms with Crippen LogP contribution in [0.2, 0.25) is 0 Å². The van der Waals surface area contributed by atoms with Crippen LogP contribution in [-0.4, -0.2) is 23.5 Å². The van der Waals surface area contributed by atoms with Gasteiger partial charge in [-0.15, -0.1) is 0 Å². The molecule has 0 aromatic heterocycles. The molecule has 0 aromatic rings. The average molecular weight is 225 g/mol. The maximum absolute atomic E-state index is 11.8. The molecule has 1 amide bonds. The van der Waals surface area contributed by atoms with Crippen molar-refractivity contribution in [2.75, 3.05) is 6.54 Å². The van der Waals surface area contributed by atoms with Gasteiger partial charge in [0.25, 0.3) is 0 Å². The van der Waals surface area contributed by atoms with Gasteiger partial charge in [-0.05, 0) is 38.0 Å². The van der Waals surface area contributed by atoms with Crippen LogP contribution in [0.25, 0.3) is 0 Å². The Kier molecular flexibility index (Phi) is 3.46. The maximum atomic E-state index is 11.8. The van der Waals surface area contributed by atoms with Gasteiger partial charge < -0.3 is 10.4 Å². The highest BCUT2D eigenvalue weighted by molar-refractivity contribution is 5.80. The predicted octanol–water partition coefficient (Wildman–Crippen LogP) is 1.40. The molecule has 90 valence electrons. The van der Waals surface area contributed by atoms with Crippen molar-refractivity contribution >= 4 is 11.9 Å². The molecule has 0 spiro atoms. The van der Waals surface area contributed by atoms with Crippen molar-refractivity contribution in [3.05, 3.63) is 0 Å². The number of rotatable bonds is 4. The molecular formula is C12H19NO3. The first-order valence-corrected chi connectivity index (χ1v) is 6.17. The Hall–Kier alpha value is -1.06. The van der Waals surface area contributed by atoms with Crippen LogP contribution >= 0.6 is 0 Å². The third-order valence-electron chi connectivity index (χ3n) is 3.94. The Morgan fingerprint density at radius 1 is 1.12 bits per heavy atom. The highest BCUT2D eigenvalue weighted by Gasteiger charge is 2.34. The molecule has 4 nitrogen and oxygen atoms in total. The van der Waals surface area contributed by atoms with Crippen molar-refractivity contribution < 1.29 is 14.7 Å². The molecule has 0 radical (unpaired) electrons. The van der Waals surface area contributed by atoms with E-state index in [-0.39, 0.29) is 17.7 Å². The summed E-state index contributed by atoms with van der Waals surface area (Å²) in [5.41, 5.74) is 0. The van der Waals surface area contributed by atoms with Crippen LogP contribution in [0, 0.1) is 17.8 Å². The maximum Gasteiger partial charge on any atom is 0.306 e. The molecule has 0 unspecified atom stereocenters. The van der Waals surface area contributed by atoms with Crippen LogP contribution in [0.15, 0.2) is 0 Å². The number of hydrogen-bond donors (Lipinski definition) is 2. The van der Waals surface area contributed by atoms with E-state index in [2.05, 4.69) is 5.32 Å². The fraction of sp³-hybridized carbons (Fsp3) is 0.833. The molecule has 0 saturated heterocycles. The van der Waals surface area contributed by atoms with Gasteiger partial charge in [-0.25, -0.2) is 0 Å². The summed E-state index contributed by atoms with van der Waals surface area (Å²) in [6.07, 6.45) is 5.63. The summed E-state index contributed by atoms with van der Waals surface area (Å²) in [7, 11) is 0. The number of nitrogens with one attached hydrogen (secondary N) is 1. The molecule has 2 fully saturated rings. The summed E-state index contributed by atoms with van der Waals surface area (Å²) in [6.45, 7) is 0.785. The lowest BCUT2D eigenvalue weighted by Gasteiger charge is -2.26. The van der Waals surface area contributed by atoms with E-state index in [1.54, 1.807) is 0 Å². The number of carbonyl (C=O) groups excluding carboxylic acids is 1. The quantitative estimate of drug-likeness (QED) is 0.760. The van der Waals surface area contributed by atoms with Crippen LogP contribution in [0.3, 0.4) is 0 Å². The van der Waals surface area contributed by atoms with Crippen molar-refractivity contribution in [3.8, 4) is 0 Å². The molecule has 0 heterocycles. The lowest BCUT2D eigenvalue weighted by atomic mass is 9.85. The van der Waals surface area contributed by atoms with E-state index in [0.717, 1.165) is 13.0 Å². The van der Waals surface area contributed by atoms with E-state index >= 15 is 0 Å². The van der Waals surface area contributed by atoms with E-state index in [9.17, 15) is 9.59 Å². The van der Waals surface area contributed by atoms with E-state index in [0.29, 0.717) is 18.8 Å². The first kappa shape index (κ1) is 11.4. The Morgan fingerprint density at radius 2 is 1.81 bits per heavy atom. The third kappa shape index (κ3) is 2.54. The van der Waals surface area contributed by atoms with Crippen LogP contribution in [-0.2, 0) is 9.59 Å². The van der Waals surface area contributed by atoms with Gasteiger partial charge in [0.05, 0.1) is 5.92 Å². The second-order valence-electron chi connectivity index (χ2n) is 5.09. The largest absolute Gasteiger partial charge is 0.481 e. The van der Waals surface area contributed by atoms with Gasteiger partial charge in [-0.1, -0.05) is 6.42 Å². The van der Waals surface area contributed by atoms with Crippen molar-refractivity contribution in [1.82, 2.24) is 5.32 Å². The molecule has 0 bridgehead atoms. The topological polar surface area (TPSA) is 66.4 Å². The molecule has 0 aromatic carbocycles. The molecule has 2 rings (SSSR count). The highest BCUT2D eigenvalue weighted by atomic mass is 16.4. The number of carboxylic acids is 1. The monoisotopic (exact) mass is 225 g/mol. The fourth-order valence-electron chi connectivity index (χ4n) is 2.53. The van der Waals surface area contributed by atoms with E-state index in [4.69, 9.17) is 5.11 Å². The van der Waals surface area contributed by atoms with Crippen molar-refractivity contribution in [3.63, 3.8) is 0 Å². The van der Waals surface area contributed by atoms with Crippen LogP contribution in [0.4, 0.5) is 0 Å². The van der Waals surface area contributed by atoms with E-state index in [1.165, 1.54) is 19.3 Å². The third-order valence-corrected chi connectivity index (χ3v) is 3.94. The lowest BCUT2D eigenvalue weighted by Crippen LogP contribution is -2.35. The number of amides is 1. The Bertz CT molecular complexity index is 286. The van der Waals surface area contributed by atoms with Gasteiger partial charge in [0.1, 0.15) is 0 Å². The zero-order valence-corrected chi connectivity index (χ0v) is 9.45. The normalized spacial score (nSPS) is 29.8. The van der Waals surface area contributed by atoms with Crippen LogP contribution in [0.5, 0.6) is 0 Å². The Balaban J connectivity index is 1.71. The summed E-state index contributed by atoms with van der Waals surface area (Å²) >= 11 is 0. The van der Waals surface area contributed by atoms with Gasteiger partial charge in [0, 0.05) is 12.5 Å².